The van der Waals surface area contributed by atoms with Crippen molar-refractivity contribution in [2.45, 2.75) is 20.0 Å². The molecule has 1 aromatic carbocycles. The van der Waals surface area contributed by atoms with Crippen LogP contribution >= 0.6 is 15.9 Å². The maximum atomic E-state index is 12.5. The summed E-state index contributed by atoms with van der Waals surface area (Å²) in [7, 11) is 0. The van der Waals surface area contributed by atoms with Crippen LogP contribution < -0.4 is 5.32 Å². The van der Waals surface area contributed by atoms with Crippen molar-refractivity contribution in [3.8, 4) is 0 Å². The highest BCUT2D eigenvalue weighted by Gasteiger charge is 2.30. The average Bonchev–Trinajstić information content (AvgIpc) is 2.28. The molecule has 0 bridgehead atoms. The van der Waals surface area contributed by atoms with E-state index in [4.69, 9.17) is 4.74 Å². The van der Waals surface area contributed by atoms with Crippen LogP contribution in [0.1, 0.15) is 19.4 Å². The van der Waals surface area contributed by atoms with Gasteiger partial charge in [0.05, 0.1) is 12.2 Å². The van der Waals surface area contributed by atoms with Crippen LogP contribution in [0.15, 0.2) is 22.7 Å². The van der Waals surface area contributed by atoms with Gasteiger partial charge in [-0.05, 0) is 40.0 Å². The monoisotopic (exact) mass is 339 g/mol. The number of alkyl halides is 3. The van der Waals surface area contributed by atoms with E-state index in [1.807, 2.05) is 0 Å². The fraction of sp³-hybridized carbons (Fsp3) is 0.538. The second kappa shape index (κ2) is 7.14. The smallest absolute Gasteiger partial charge is 0.382 e. The third-order valence-corrected chi connectivity index (χ3v) is 2.97. The molecule has 1 N–H and O–H groups in total. The fourth-order valence-corrected chi connectivity index (χ4v) is 1.93. The van der Waals surface area contributed by atoms with Crippen LogP contribution in [0.2, 0.25) is 0 Å². The number of halogens is 4. The molecule has 0 amide bonds. The van der Waals surface area contributed by atoms with Crippen molar-refractivity contribution in [2.75, 3.05) is 25.1 Å². The van der Waals surface area contributed by atoms with Crippen LogP contribution in [0, 0.1) is 5.92 Å². The lowest BCUT2D eigenvalue weighted by molar-refractivity contribution is -0.137. The molecule has 0 aliphatic heterocycles. The van der Waals surface area contributed by atoms with E-state index in [0.29, 0.717) is 35.8 Å². The largest absolute Gasteiger partial charge is 0.416 e. The number of nitrogens with one attached hydrogen (secondary N) is 1. The fourth-order valence-electron chi connectivity index (χ4n) is 1.41. The van der Waals surface area contributed by atoms with Gasteiger partial charge in [-0.3, -0.25) is 0 Å². The second-order valence-electron chi connectivity index (χ2n) is 4.59. The minimum atomic E-state index is -4.32. The molecular weight excluding hydrogens is 323 g/mol. The number of hydrogen-bond acceptors (Lipinski definition) is 2. The lowest BCUT2D eigenvalue weighted by atomic mass is 10.2. The number of ether oxygens (including phenoxy) is 1. The van der Waals surface area contributed by atoms with Gasteiger partial charge in [0.1, 0.15) is 0 Å². The molecular formula is C13H17BrF3NO. The maximum Gasteiger partial charge on any atom is 0.416 e. The molecule has 0 spiro atoms. The van der Waals surface area contributed by atoms with E-state index in [1.54, 1.807) is 0 Å². The van der Waals surface area contributed by atoms with Gasteiger partial charge in [-0.2, -0.15) is 13.2 Å². The second-order valence-corrected chi connectivity index (χ2v) is 5.44. The molecule has 6 heteroatoms. The summed E-state index contributed by atoms with van der Waals surface area (Å²) in [6.07, 6.45) is -4.32. The normalized spacial score (nSPS) is 11.9. The van der Waals surface area contributed by atoms with Crippen LogP contribution in [0.4, 0.5) is 18.9 Å². The van der Waals surface area contributed by atoms with Gasteiger partial charge in [0.2, 0.25) is 0 Å². The summed E-state index contributed by atoms with van der Waals surface area (Å²) in [4.78, 5) is 0. The highest BCUT2D eigenvalue weighted by Crippen LogP contribution is 2.33. The first-order valence-electron chi connectivity index (χ1n) is 5.99. The molecule has 0 aliphatic carbocycles. The Bertz CT molecular complexity index is 407. The third kappa shape index (κ3) is 5.82. The standard InChI is InChI=1S/C13H17BrF3NO/c1-9(2)8-19-6-5-18-12-4-3-10(7-11(12)14)13(15,16)17/h3-4,7,9,18H,5-6,8H2,1-2H3. The summed E-state index contributed by atoms with van der Waals surface area (Å²) < 4.78 is 43.2. The Morgan fingerprint density at radius 2 is 2.00 bits per heavy atom. The van der Waals surface area contributed by atoms with Crippen molar-refractivity contribution in [2.24, 2.45) is 5.92 Å². The Morgan fingerprint density at radius 3 is 2.53 bits per heavy atom. The molecule has 0 atom stereocenters. The first-order valence-corrected chi connectivity index (χ1v) is 6.78. The highest BCUT2D eigenvalue weighted by molar-refractivity contribution is 9.10. The molecule has 0 unspecified atom stereocenters. The first-order chi connectivity index (χ1) is 8.80. The molecule has 1 aromatic rings. The van der Waals surface area contributed by atoms with Gasteiger partial charge in [0.25, 0.3) is 0 Å². The molecule has 108 valence electrons. The predicted molar refractivity (Wildman–Crippen MR) is 73.3 cm³/mol. The molecule has 1 rings (SSSR count). The molecule has 19 heavy (non-hydrogen) atoms. The molecule has 2 nitrogen and oxygen atoms in total. The van der Waals surface area contributed by atoms with Gasteiger partial charge in [-0.25, -0.2) is 0 Å². The summed E-state index contributed by atoms with van der Waals surface area (Å²) >= 11 is 3.13. The Kier molecular flexibility index (Phi) is 6.13. The number of benzene rings is 1. The lowest BCUT2D eigenvalue weighted by Gasteiger charge is -2.12. The Labute approximate surface area is 119 Å². The van der Waals surface area contributed by atoms with Crippen LogP contribution in [-0.4, -0.2) is 19.8 Å². The first kappa shape index (κ1) is 16.3. The molecule has 0 saturated carbocycles. The molecule has 0 aliphatic rings. The zero-order chi connectivity index (χ0) is 14.5. The summed E-state index contributed by atoms with van der Waals surface area (Å²) in [6, 6.07) is 3.54. The van der Waals surface area contributed by atoms with Gasteiger partial charge in [-0.15, -0.1) is 0 Å². The zero-order valence-electron chi connectivity index (χ0n) is 10.9. The number of hydrogen-bond donors (Lipinski definition) is 1. The van der Waals surface area contributed by atoms with Crippen LogP contribution in [0.5, 0.6) is 0 Å². The molecule has 0 heterocycles. The van der Waals surface area contributed by atoms with Crippen LogP contribution in [0.25, 0.3) is 0 Å². The Balaban J connectivity index is 2.47. The summed E-state index contributed by atoms with van der Waals surface area (Å²) in [6.45, 7) is 5.86. The SMILES string of the molecule is CC(C)COCCNc1ccc(C(F)(F)F)cc1Br. The molecule has 0 aromatic heterocycles. The average molecular weight is 340 g/mol. The lowest BCUT2D eigenvalue weighted by Crippen LogP contribution is -2.13. The van der Waals surface area contributed by atoms with E-state index >= 15 is 0 Å². The van der Waals surface area contributed by atoms with Crippen LogP contribution in [-0.2, 0) is 10.9 Å². The molecule has 0 saturated heterocycles. The Hall–Kier alpha value is -0.750. The highest BCUT2D eigenvalue weighted by atomic mass is 79.9. The van der Waals surface area contributed by atoms with Crippen LogP contribution in [0.3, 0.4) is 0 Å². The summed E-state index contributed by atoms with van der Waals surface area (Å²) in [5.74, 6) is 0.470. The van der Waals surface area contributed by atoms with Gasteiger partial charge < -0.3 is 10.1 Å². The van der Waals surface area contributed by atoms with Crippen molar-refractivity contribution in [3.05, 3.63) is 28.2 Å². The number of anilines is 1. The summed E-state index contributed by atoms with van der Waals surface area (Å²) in [5.41, 5.74) is -0.0397. The van der Waals surface area contributed by atoms with Crippen molar-refractivity contribution >= 4 is 21.6 Å². The van der Waals surface area contributed by atoms with E-state index in [0.717, 1.165) is 12.1 Å². The minimum Gasteiger partial charge on any atom is -0.382 e. The minimum absolute atomic E-state index is 0.395. The summed E-state index contributed by atoms with van der Waals surface area (Å²) in [5, 5.41) is 3.03. The van der Waals surface area contributed by atoms with Crippen molar-refractivity contribution in [1.29, 1.82) is 0 Å². The molecule has 0 radical (unpaired) electrons. The number of rotatable bonds is 6. The Morgan fingerprint density at radius 1 is 1.32 bits per heavy atom. The zero-order valence-corrected chi connectivity index (χ0v) is 12.4. The maximum absolute atomic E-state index is 12.5. The van der Waals surface area contributed by atoms with Gasteiger partial charge in [0.15, 0.2) is 0 Å². The molecule has 0 fully saturated rings. The van der Waals surface area contributed by atoms with Crippen molar-refractivity contribution in [3.63, 3.8) is 0 Å². The predicted octanol–water partition coefficient (Wildman–Crippen LogP) is 4.55. The quantitative estimate of drug-likeness (QED) is 0.767. The van der Waals surface area contributed by atoms with Gasteiger partial charge in [-0.1, -0.05) is 13.8 Å². The van der Waals surface area contributed by atoms with Gasteiger partial charge >= 0.3 is 6.18 Å². The van der Waals surface area contributed by atoms with E-state index in [1.165, 1.54) is 6.07 Å². The van der Waals surface area contributed by atoms with Gasteiger partial charge in [0, 0.05) is 23.3 Å². The third-order valence-electron chi connectivity index (χ3n) is 2.31. The van der Waals surface area contributed by atoms with Crippen molar-refractivity contribution < 1.29 is 17.9 Å². The van der Waals surface area contributed by atoms with E-state index < -0.39 is 11.7 Å². The van der Waals surface area contributed by atoms with Crippen molar-refractivity contribution in [1.82, 2.24) is 0 Å². The topological polar surface area (TPSA) is 21.3 Å². The van der Waals surface area contributed by atoms with E-state index in [9.17, 15) is 13.2 Å². The van der Waals surface area contributed by atoms with E-state index in [-0.39, 0.29) is 0 Å². The van der Waals surface area contributed by atoms with E-state index in [2.05, 4.69) is 35.1 Å².